The van der Waals surface area contributed by atoms with Gasteiger partial charge in [-0.1, -0.05) is 48.3 Å². The molecule has 2 aromatic rings. The smallest absolute Gasteiger partial charge is 0.282 e. The molecule has 2 rings (SSSR count). The van der Waals surface area contributed by atoms with Gasteiger partial charge in [-0.2, -0.15) is 0 Å². The van der Waals surface area contributed by atoms with Crippen LogP contribution in [-0.4, -0.2) is 31.4 Å². The summed E-state index contributed by atoms with van der Waals surface area (Å²) in [5, 5.41) is 6.57. The first-order valence-corrected chi connectivity index (χ1v) is 9.53. The number of benzene rings is 2. The lowest BCUT2D eigenvalue weighted by Crippen LogP contribution is -3.14. The number of likely N-dealkylation sites (N-methyl/N-ethyl adjacent to an activating group) is 1. The Morgan fingerprint density at radius 2 is 1.78 bits per heavy atom. The van der Waals surface area contributed by atoms with E-state index in [9.17, 15) is 9.59 Å². The number of quaternary nitrogens is 1. The Kier molecular flexibility index (Phi) is 7.66. The van der Waals surface area contributed by atoms with Crippen molar-refractivity contribution in [3.05, 3.63) is 58.1 Å². The Morgan fingerprint density at radius 3 is 2.44 bits per heavy atom. The van der Waals surface area contributed by atoms with Gasteiger partial charge in [-0.15, -0.1) is 0 Å². The number of carbonyl (C=O) groups is 2. The van der Waals surface area contributed by atoms with Crippen LogP contribution < -0.4 is 15.5 Å². The third-order valence-corrected chi connectivity index (χ3v) is 4.98. The third-order valence-electron chi connectivity index (χ3n) is 4.43. The first-order chi connectivity index (χ1) is 12.8. The van der Waals surface area contributed by atoms with Crippen LogP contribution in [0.3, 0.4) is 0 Å². The van der Waals surface area contributed by atoms with Crippen LogP contribution in [0.1, 0.15) is 19.4 Å². The van der Waals surface area contributed by atoms with E-state index in [2.05, 4.69) is 10.6 Å². The van der Waals surface area contributed by atoms with Crippen LogP contribution in [0, 0.1) is 0 Å². The van der Waals surface area contributed by atoms with Crippen LogP contribution in [0.15, 0.2) is 42.5 Å². The summed E-state index contributed by atoms with van der Waals surface area (Å²) in [7, 11) is 1.80. The fraction of sp³-hybridized carbons (Fsp3) is 0.300. The maximum absolute atomic E-state index is 12.5. The van der Waals surface area contributed by atoms with Crippen LogP contribution in [0.4, 0.5) is 11.4 Å². The molecule has 7 heteroatoms. The van der Waals surface area contributed by atoms with Crippen molar-refractivity contribution >= 4 is 46.4 Å². The van der Waals surface area contributed by atoms with Crippen LogP contribution in [-0.2, 0) is 16.0 Å². The summed E-state index contributed by atoms with van der Waals surface area (Å²) < 4.78 is 0. The summed E-state index contributed by atoms with van der Waals surface area (Å²) in [6.07, 6.45) is 0.833. The lowest BCUT2D eigenvalue weighted by Gasteiger charge is -2.21. The van der Waals surface area contributed by atoms with Crippen LogP contribution in [0.25, 0.3) is 0 Å². The van der Waals surface area contributed by atoms with Gasteiger partial charge >= 0.3 is 0 Å². The number of hydrogen-bond acceptors (Lipinski definition) is 2. The highest BCUT2D eigenvalue weighted by atomic mass is 35.5. The summed E-state index contributed by atoms with van der Waals surface area (Å²) >= 11 is 12.0. The van der Waals surface area contributed by atoms with E-state index in [0.717, 1.165) is 22.6 Å². The molecule has 0 aliphatic carbocycles. The molecule has 27 heavy (non-hydrogen) atoms. The molecule has 0 aliphatic heterocycles. The molecule has 0 saturated heterocycles. The molecular formula is C20H24Cl2N3O2+. The van der Waals surface area contributed by atoms with Gasteiger partial charge < -0.3 is 15.5 Å². The topological polar surface area (TPSA) is 62.6 Å². The van der Waals surface area contributed by atoms with Crippen LogP contribution >= 0.6 is 23.2 Å². The number of halogens is 2. The molecule has 2 amide bonds. The van der Waals surface area contributed by atoms with Gasteiger partial charge in [0, 0.05) is 10.7 Å². The van der Waals surface area contributed by atoms with Crippen molar-refractivity contribution in [2.45, 2.75) is 26.3 Å². The number of para-hydroxylation sites is 1. The second kappa shape index (κ2) is 9.74. The average molecular weight is 409 g/mol. The molecule has 1 unspecified atom stereocenters. The standard InChI is InChI=1S/C20H23Cl2N3O2/c1-4-14-7-5-6-8-17(14)23-19(26)12-25(3)13(2)20(27)24-18-10-9-15(21)11-16(18)22/h5-11,13H,4,12H2,1-3H3,(H,23,26)(H,24,27)/p+1/t13-/m0/s1. The molecule has 0 aliphatic rings. The molecule has 0 radical (unpaired) electrons. The van der Waals surface area contributed by atoms with E-state index in [-0.39, 0.29) is 18.4 Å². The minimum absolute atomic E-state index is 0.141. The maximum Gasteiger partial charge on any atom is 0.282 e. The van der Waals surface area contributed by atoms with E-state index in [1.165, 1.54) is 0 Å². The van der Waals surface area contributed by atoms with Crippen molar-refractivity contribution in [1.29, 1.82) is 0 Å². The van der Waals surface area contributed by atoms with E-state index < -0.39 is 6.04 Å². The quantitative estimate of drug-likeness (QED) is 0.659. The number of aryl methyl sites for hydroxylation is 1. The predicted octanol–water partition coefficient (Wildman–Crippen LogP) is 3.04. The summed E-state index contributed by atoms with van der Waals surface area (Å²) in [6.45, 7) is 3.97. The van der Waals surface area contributed by atoms with Crippen molar-refractivity contribution in [3.8, 4) is 0 Å². The average Bonchev–Trinajstić information content (AvgIpc) is 2.63. The van der Waals surface area contributed by atoms with Crippen molar-refractivity contribution in [3.63, 3.8) is 0 Å². The molecule has 0 fully saturated rings. The zero-order valence-corrected chi connectivity index (χ0v) is 17.1. The molecule has 0 bridgehead atoms. The summed E-state index contributed by atoms with van der Waals surface area (Å²) in [5.41, 5.74) is 2.38. The van der Waals surface area contributed by atoms with Gasteiger partial charge in [-0.05, 0) is 43.2 Å². The Bertz CT molecular complexity index is 827. The lowest BCUT2D eigenvalue weighted by molar-refractivity contribution is -0.885. The van der Waals surface area contributed by atoms with Gasteiger partial charge in [0.2, 0.25) is 0 Å². The van der Waals surface area contributed by atoms with Gasteiger partial charge in [0.15, 0.2) is 12.6 Å². The van der Waals surface area contributed by atoms with Gasteiger partial charge in [0.05, 0.1) is 17.8 Å². The Labute approximate surface area is 169 Å². The highest BCUT2D eigenvalue weighted by Crippen LogP contribution is 2.25. The fourth-order valence-electron chi connectivity index (χ4n) is 2.61. The van der Waals surface area contributed by atoms with E-state index in [4.69, 9.17) is 23.2 Å². The van der Waals surface area contributed by atoms with Gasteiger partial charge in [0.25, 0.3) is 11.8 Å². The summed E-state index contributed by atoms with van der Waals surface area (Å²) in [6, 6.07) is 12.1. The second-order valence-electron chi connectivity index (χ2n) is 6.42. The van der Waals surface area contributed by atoms with Gasteiger partial charge in [-0.3, -0.25) is 9.59 Å². The van der Waals surface area contributed by atoms with Gasteiger partial charge in [0.1, 0.15) is 0 Å². The van der Waals surface area contributed by atoms with Crippen molar-refractivity contribution in [1.82, 2.24) is 0 Å². The third kappa shape index (κ3) is 5.96. The maximum atomic E-state index is 12.5. The zero-order chi connectivity index (χ0) is 20.0. The first-order valence-electron chi connectivity index (χ1n) is 8.77. The Balaban J connectivity index is 1.94. The first kappa shape index (κ1) is 21.2. The molecule has 144 valence electrons. The molecule has 0 heterocycles. The van der Waals surface area contributed by atoms with Crippen LogP contribution in [0.2, 0.25) is 10.0 Å². The molecule has 0 saturated carbocycles. The van der Waals surface area contributed by atoms with E-state index in [1.54, 1.807) is 32.2 Å². The largest absolute Gasteiger partial charge is 0.321 e. The molecule has 0 aromatic heterocycles. The van der Waals surface area contributed by atoms with E-state index in [1.807, 2.05) is 31.2 Å². The fourth-order valence-corrected chi connectivity index (χ4v) is 3.06. The lowest BCUT2D eigenvalue weighted by atomic mass is 10.1. The number of nitrogens with one attached hydrogen (secondary N) is 3. The van der Waals surface area contributed by atoms with E-state index in [0.29, 0.717) is 15.7 Å². The number of rotatable bonds is 7. The minimum Gasteiger partial charge on any atom is -0.321 e. The molecular weight excluding hydrogens is 385 g/mol. The SMILES string of the molecule is CCc1ccccc1NC(=O)C[NH+](C)[C@@H](C)C(=O)Nc1ccc(Cl)cc1Cl. The highest BCUT2D eigenvalue weighted by molar-refractivity contribution is 6.36. The minimum atomic E-state index is -0.441. The van der Waals surface area contributed by atoms with Crippen molar-refractivity contribution in [2.75, 3.05) is 24.2 Å². The number of carbonyl (C=O) groups excluding carboxylic acids is 2. The van der Waals surface area contributed by atoms with Crippen molar-refractivity contribution in [2.24, 2.45) is 0 Å². The number of hydrogen-bond donors (Lipinski definition) is 3. The van der Waals surface area contributed by atoms with E-state index >= 15 is 0 Å². The summed E-state index contributed by atoms with van der Waals surface area (Å²) in [4.78, 5) is 25.6. The Hall–Kier alpha value is -2.08. The second-order valence-corrected chi connectivity index (χ2v) is 7.26. The summed E-state index contributed by atoms with van der Waals surface area (Å²) in [5.74, 6) is -0.365. The zero-order valence-electron chi connectivity index (χ0n) is 15.6. The normalized spacial score (nSPS) is 12.9. The van der Waals surface area contributed by atoms with Gasteiger partial charge in [-0.25, -0.2) is 0 Å². The molecule has 2 atom stereocenters. The molecule has 3 N–H and O–H groups in total. The van der Waals surface area contributed by atoms with Crippen molar-refractivity contribution < 1.29 is 14.5 Å². The molecule has 0 spiro atoms. The number of anilines is 2. The predicted molar refractivity (Wildman–Crippen MR) is 111 cm³/mol. The molecule has 5 nitrogen and oxygen atoms in total. The monoisotopic (exact) mass is 408 g/mol. The number of amides is 2. The van der Waals surface area contributed by atoms with Crippen LogP contribution in [0.5, 0.6) is 0 Å². The Morgan fingerprint density at radius 1 is 1.07 bits per heavy atom. The molecule has 2 aromatic carbocycles. The highest BCUT2D eigenvalue weighted by Gasteiger charge is 2.24.